The Morgan fingerprint density at radius 1 is 1.00 bits per heavy atom. The number of hydrogen-bond donors (Lipinski definition) is 2. The number of nitrogens with zero attached hydrogens (tertiary/aromatic N) is 1. The Labute approximate surface area is 207 Å². The number of carbonyl (C=O) groups is 2. The molecule has 1 saturated heterocycles. The Morgan fingerprint density at radius 2 is 1.74 bits per heavy atom. The Kier molecular flexibility index (Phi) is 6.94. The second-order valence-electron chi connectivity index (χ2n) is 10.2. The van der Waals surface area contributed by atoms with E-state index in [0.29, 0.717) is 10.9 Å². The number of amides is 2. The summed E-state index contributed by atoms with van der Waals surface area (Å²) in [6.45, 7) is 3.88. The van der Waals surface area contributed by atoms with Gasteiger partial charge in [-0.25, -0.2) is 0 Å². The van der Waals surface area contributed by atoms with E-state index in [1.165, 1.54) is 5.56 Å². The summed E-state index contributed by atoms with van der Waals surface area (Å²) < 4.78 is 0. The third kappa shape index (κ3) is 5.47. The molecule has 1 heterocycles. The van der Waals surface area contributed by atoms with E-state index in [1.807, 2.05) is 30.3 Å². The Balaban J connectivity index is 1.03. The van der Waals surface area contributed by atoms with Crippen LogP contribution in [0, 0.1) is 5.92 Å². The van der Waals surface area contributed by atoms with E-state index in [1.54, 1.807) is 0 Å². The quantitative estimate of drug-likeness (QED) is 0.491. The van der Waals surface area contributed by atoms with Crippen LogP contribution in [0.15, 0.2) is 48.5 Å². The first-order chi connectivity index (χ1) is 16.5. The van der Waals surface area contributed by atoms with Crippen LogP contribution in [0.3, 0.4) is 0 Å². The maximum Gasteiger partial charge on any atom is 0.230 e. The second kappa shape index (κ2) is 10.1. The van der Waals surface area contributed by atoms with Crippen LogP contribution in [0.2, 0.25) is 5.02 Å². The number of hydrogen-bond acceptors (Lipinski definition) is 3. The van der Waals surface area contributed by atoms with Crippen molar-refractivity contribution in [3.05, 3.63) is 64.7 Å². The fraction of sp³-hybridized carbons (Fsp3) is 0.500. The maximum atomic E-state index is 12.8. The second-order valence-corrected chi connectivity index (χ2v) is 10.6. The summed E-state index contributed by atoms with van der Waals surface area (Å²) in [5.74, 6) is 1.09. The van der Waals surface area contributed by atoms with Crippen LogP contribution in [0.1, 0.15) is 62.0 Å². The summed E-state index contributed by atoms with van der Waals surface area (Å²) in [4.78, 5) is 27.4. The predicted octanol–water partition coefficient (Wildman–Crippen LogP) is 5.11. The zero-order valence-electron chi connectivity index (χ0n) is 19.7. The minimum absolute atomic E-state index is 0.155. The van der Waals surface area contributed by atoms with Crippen molar-refractivity contribution in [3.8, 4) is 0 Å². The molecule has 5 rings (SSSR count). The zero-order valence-corrected chi connectivity index (χ0v) is 20.4. The largest absolute Gasteiger partial charge is 0.355 e. The van der Waals surface area contributed by atoms with Crippen molar-refractivity contribution in [1.82, 2.24) is 10.2 Å². The van der Waals surface area contributed by atoms with E-state index < -0.39 is 0 Å². The Bertz CT molecular complexity index is 1020. The Hall–Kier alpha value is -2.37. The van der Waals surface area contributed by atoms with Gasteiger partial charge in [0.2, 0.25) is 11.8 Å². The van der Waals surface area contributed by atoms with E-state index >= 15 is 0 Å². The molecule has 3 fully saturated rings. The highest BCUT2D eigenvalue weighted by Crippen LogP contribution is 2.48. The van der Waals surface area contributed by atoms with Crippen LogP contribution in [0.5, 0.6) is 0 Å². The van der Waals surface area contributed by atoms with E-state index in [-0.39, 0.29) is 23.1 Å². The molecule has 2 aliphatic carbocycles. The van der Waals surface area contributed by atoms with Crippen LogP contribution < -0.4 is 10.6 Å². The maximum absolute atomic E-state index is 12.8. The number of piperidine rings is 1. The smallest absolute Gasteiger partial charge is 0.230 e. The fourth-order valence-electron chi connectivity index (χ4n) is 5.16. The highest BCUT2D eigenvalue weighted by Gasteiger charge is 2.50. The van der Waals surface area contributed by atoms with E-state index in [0.717, 1.165) is 82.4 Å². The van der Waals surface area contributed by atoms with Gasteiger partial charge in [0.15, 0.2) is 0 Å². The predicted molar refractivity (Wildman–Crippen MR) is 136 cm³/mol. The first kappa shape index (κ1) is 23.4. The van der Waals surface area contributed by atoms with Gasteiger partial charge in [0, 0.05) is 23.2 Å². The van der Waals surface area contributed by atoms with Gasteiger partial charge in [-0.05, 0) is 106 Å². The molecule has 5 nitrogen and oxygen atoms in total. The van der Waals surface area contributed by atoms with Gasteiger partial charge >= 0.3 is 0 Å². The lowest BCUT2D eigenvalue weighted by atomic mass is 9.89. The summed E-state index contributed by atoms with van der Waals surface area (Å²) in [7, 11) is 0. The molecular weight excluding hydrogens is 446 g/mol. The number of carbonyl (C=O) groups excluding carboxylic acids is 2. The van der Waals surface area contributed by atoms with Gasteiger partial charge in [-0.15, -0.1) is 0 Å². The molecule has 2 aromatic carbocycles. The molecule has 34 heavy (non-hydrogen) atoms. The van der Waals surface area contributed by atoms with Crippen molar-refractivity contribution in [1.29, 1.82) is 0 Å². The summed E-state index contributed by atoms with van der Waals surface area (Å²) in [6, 6.07) is 16.1. The summed E-state index contributed by atoms with van der Waals surface area (Å²) in [5, 5.41) is 6.95. The third-order valence-corrected chi connectivity index (χ3v) is 7.93. The van der Waals surface area contributed by atoms with Crippen molar-refractivity contribution in [3.63, 3.8) is 0 Å². The lowest BCUT2D eigenvalue weighted by Gasteiger charge is -2.32. The van der Waals surface area contributed by atoms with Crippen molar-refractivity contribution in [2.75, 3.05) is 31.5 Å². The summed E-state index contributed by atoms with van der Waals surface area (Å²) >= 11 is 6.00. The molecule has 180 valence electrons. The molecule has 2 amide bonds. The SMILES string of the molecule is O=C(Nc1cccc(C2CCN(CCCNC(=O)C3(c4ccc(Cl)cc4)CC3)CC2)c1)C1CC1. The Morgan fingerprint density at radius 3 is 2.41 bits per heavy atom. The van der Waals surface area contributed by atoms with Gasteiger partial charge in [0.25, 0.3) is 0 Å². The lowest BCUT2D eigenvalue weighted by Crippen LogP contribution is -2.38. The highest BCUT2D eigenvalue weighted by molar-refractivity contribution is 6.30. The molecular formula is C28H34ClN3O2. The third-order valence-electron chi connectivity index (χ3n) is 7.68. The number of nitrogens with one attached hydrogen (secondary N) is 2. The van der Waals surface area contributed by atoms with Crippen LogP contribution in [0.25, 0.3) is 0 Å². The molecule has 0 aromatic heterocycles. The minimum Gasteiger partial charge on any atom is -0.355 e. The minimum atomic E-state index is -0.338. The number of likely N-dealkylation sites (tertiary alicyclic amines) is 1. The van der Waals surface area contributed by atoms with Gasteiger partial charge in [-0.3, -0.25) is 9.59 Å². The van der Waals surface area contributed by atoms with Crippen molar-refractivity contribution in [2.45, 2.75) is 56.3 Å². The number of benzene rings is 2. The van der Waals surface area contributed by atoms with Crippen LogP contribution in [-0.2, 0) is 15.0 Å². The molecule has 2 N–H and O–H groups in total. The number of anilines is 1. The monoisotopic (exact) mass is 479 g/mol. The molecule has 0 radical (unpaired) electrons. The molecule has 0 spiro atoms. The lowest BCUT2D eigenvalue weighted by molar-refractivity contribution is -0.123. The summed E-state index contributed by atoms with van der Waals surface area (Å²) in [5.41, 5.74) is 3.00. The standard InChI is InChI=1S/C28H34ClN3O2/c29-24-9-7-23(8-10-24)28(13-14-28)27(34)30-15-2-16-32-17-11-20(12-18-32)22-3-1-4-25(19-22)31-26(33)21-5-6-21/h1,3-4,7-10,19-21H,2,5-6,11-18H2,(H,30,34)(H,31,33). The molecule has 3 aliphatic rings. The first-order valence-corrected chi connectivity index (χ1v) is 13.1. The molecule has 0 unspecified atom stereocenters. The zero-order chi connectivity index (χ0) is 23.5. The topological polar surface area (TPSA) is 61.4 Å². The van der Waals surface area contributed by atoms with Gasteiger partial charge in [-0.1, -0.05) is 35.9 Å². The van der Waals surface area contributed by atoms with Crippen molar-refractivity contribution in [2.24, 2.45) is 5.92 Å². The highest BCUT2D eigenvalue weighted by atomic mass is 35.5. The van der Waals surface area contributed by atoms with E-state index in [9.17, 15) is 9.59 Å². The molecule has 1 aliphatic heterocycles. The van der Waals surface area contributed by atoms with E-state index in [4.69, 9.17) is 11.6 Å². The van der Waals surface area contributed by atoms with E-state index in [2.05, 4.69) is 33.7 Å². The molecule has 2 saturated carbocycles. The van der Waals surface area contributed by atoms with Gasteiger partial charge in [0.1, 0.15) is 0 Å². The van der Waals surface area contributed by atoms with Crippen LogP contribution >= 0.6 is 11.6 Å². The normalized spacial score (nSPS) is 20.0. The average molecular weight is 480 g/mol. The van der Waals surface area contributed by atoms with Crippen molar-refractivity contribution < 1.29 is 9.59 Å². The first-order valence-electron chi connectivity index (χ1n) is 12.7. The van der Waals surface area contributed by atoms with Gasteiger partial charge in [0.05, 0.1) is 5.41 Å². The van der Waals surface area contributed by atoms with Gasteiger partial charge < -0.3 is 15.5 Å². The number of rotatable bonds is 9. The molecule has 0 atom stereocenters. The molecule has 2 aromatic rings. The van der Waals surface area contributed by atoms with Gasteiger partial charge in [-0.2, -0.15) is 0 Å². The van der Waals surface area contributed by atoms with Crippen molar-refractivity contribution >= 4 is 29.1 Å². The van der Waals surface area contributed by atoms with Crippen LogP contribution in [0.4, 0.5) is 5.69 Å². The average Bonchev–Trinajstić information content (AvgIpc) is 3.77. The number of halogens is 1. The molecule has 6 heteroatoms. The fourth-order valence-corrected chi connectivity index (χ4v) is 5.29. The molecule has 0 bridgehead atoms. The summed E-state index contributed by atoms with van der Waals surface area (Å²) in [6.07, 6.45) is 7.11. The van der Waals surface area contributed by atoms with Crippen LogP contribution in [-0.4, -0.2) is 42.9 Å².